The minimum atomic E-state index is -0.224. The smallest absolute Gasteiger partial charge is 0.247 e. The lowest BCUT2D eigenvalue weighted by atomic mass is 10.00. The number of hydrogen-bond acceptors (Lipinski definition) is 4. The van der Waals surface area contributed by atoms with Crippen LogP contribution in [0.4, 0.5) is 11.5 Å². The highest BCUT2D eigenvalue weighted by Gasteiger charge is 2.19. The Balaban J connectivity index is 1.95. The predicted octanol–water partition coefficient (Wildman–Crippen LogP) is 2.99. The molecule has 0 spiro atoms. The molecule has 2 heterocycles. The highest BCUT2D eigenvalue weighted by Crippen LogP contribution is 2.28. The maximum Gasteiger partial charge on any atom is 0.247 e. The van der Waals surface area contributed by atoms with Crippen molar-refractivity contribution in [3.05, 3.63) is 37.2 Å². The highest BCUT2D eigenvalue weighted by atomic mass is 16.1. The van der Waals surface area contributed by atoms with E-state index in [1.807, 2.05) is 18.2 Å². The number of carbonyl (C=O) groups is 1. The van der Waals surface area contributed by atoms with Crippen molar-refractivity contribution in [3.63, 3.8) is 0 Å². The van der Waals surface area contributed by atoms with Gasteiger partial charge in [-0.05, 0) is 43.0 Å². The second-order valence-corrected chi connectivity index (χ2v) is 5.82. The van der Waals surface area contributed by atoms with Gasteiger partial charge in [0.1, 0.15) is 12.1 Å². The molecule has 1 aromatic carbocycles. The van der Waals surface area contributed by atoms with Gasteiger partial charge in [0, 0.05) is 24.2 Å². The van der Waals surface area contributed by atoms with Crippen LogP contribution in [0, 0.1) is 5.92 Å². The number of amides is 1. The SMILES string of the molecule is C=CC(=O)Nc1ccc2c(N3CCCC(C)C3)ncnc2c1. The van der Waals surface area contributed by atoms with Gasteiger partial charge in [0.15, 0.2) is 0 Å². The second-order valence-electron chi connectivity index (χ2n) is 5.82. The lowest BCUT2D eigenvalue weighted by Crippen LogP contribution is -2.34. The zero-order valence-corrected chi connectivity index (χ0v) is 12.7. The maximum atomic E-state index is 11.4. The molecular formula is C17H20N4O. The van der Waals surface area contributed by atoms with Crippen LogP contribution in [-0.2, 0) is 4.79 Å². The Morgan fingerprint density at radius 1 is 1.45 bits per heavy atom. The van der Waals surface area contributed by atoms with Gasteiger partial charge in [0.2, 0.25) is 5.91 Å². The fourth-order valence-electron chi connectivity index (χ4n) is 2.95. The Hall–Kier alpha value is -2.43. The molecule has 114 valence electrons. The summed E-state index contributed by atoms with van der Waals surface area (Å²) in [5.41, 5.74) is 1.55. The van der Waals surface area contributed by atoms with E-state index in [1.165, 1.54) is 18.9 Å². The lowest BCUT2D eigenvalue weighted by molar-refractivity contribution is -0.111. The molecule has 2 aromatic rings. The van der Waals surface area contributed by atoms with Crippen molar-refractivity contribution in [3.8, 4) is 0 Å². The normalized spacial score (nSPS) is 18.2. The van der Waals surface area contributed by atoms with E-state index in [-0.39, 0.29) is 5.91 Å². The van der Waals surface area contributed by atoms with Crippen molar-refractivity contribution < 1.29 is 4.79 Å². The van der Waals surface area contributed by atoms with Gasteiger partial charge in [-0.2, -0.15) is 0 Å². The van der Waals surface area contributed by atoms with E-state index in [4.69, 9.17) is 0 Å². The van der Waals surface area contributed by atoms with Crippen molar-refractivity contribution >= 4 is 28.3 Å². The van der Waals surface area contributed by atoms with E-state index in [0.717, 1.165) is 29.8 Å². The first-order valence-electron chi connectivity index (χ1n) is 7.60. The number of nitrogens with zero attached hydrogens (tertiary/aromatic N) is 3. The lowest BCUT2D eigenvalue weighted by Gasteiger charge is -2.32. The molecule has 5 heteroatoms. The minimum absolute atomic E-state index is 0.224. The van der Waals surface area contributed by atoms with Crippen molar-refractivity contribution in [1.29, 1.82) is 0 Å². The fraction of sp³-hybridized carbons (Fsp3) is 0.353. The van der Waals surface area contributed by atoms with Crippen LogP contribution in [-0.4, -0.2) is 29.0 Å². The average Bonchev–Trinajstić information content (AvgIpc) is 2.54. The molecule has 1 unspecified atom stereocenters. The van der Waals surface area contributed by atoms with Crippen LogP contribution in [0.2, 0.25) is 0 Å². The van der Waals surface area contributed by atoms with Gasteiger partial charge in [-0.15, -0.1) is 0 Å². The predicted molar refractivity (Wildman–Crippen MR) is 89.0 cm³/mol. The van der Waals surface area contributed by atoms with Gasteiger partial charge in [-0.25, -0.2) is 9.97 Å². The molecular weight excluding hydrogens is 276 g/mol. The Morgan fingerprint density at radius 2 is 2.32 bits per heavy atom. The molecule has 5 nitrogen and oxygen atoms in total. The molecule has 1 aromatic heterocycles. The molecule has 0 saturated carbocycles. The van der Waals surface area contributed by atoms with Crippen molar-refractivity contribution in [2.75, 3.05) is 23.3 Å². The van der Waals surface area contributed by atoms with Crippen LogP contribution in [0.25, 0.3) is 10.9 Å². The van der Waals surface area contributed by atoms with Crippen LogP contribution in [0.3, 0.4) is 0 Å². The Morgan fingerprint density at radius 3 is 3.09 bits per heavy atom. The number of carbonyl (C=O) groups excluding carboxylic acids is 1. The standard InChI is InChI=1S/C17H20N4O/c1-3-16(22)20-13-6-7-14-15(9-13)18-11-19-17(14)21-8-4-5-12(2)10-21/h3,6-7,9,11-12H,1,4-5,8,10H2,2H3,(H,20,22). The first-order valence-corrected chi connectivity index (χ1v) is 7.60. The monoisotopic (exact) mass is 296 g/mol. The molecule has 22 heavy (non-hydrogen) atoms. The quantitative estimate of drug-likeness (QED) is 0.885. The summed E-state index contributed by atoms with van der Waals surface area (Å²) in [6.45, 7) is 7.80. The molecule has 1 fully saturated rings. The van der Waals surface area contributed by atoms with Crippen LogP contribution in [0.15, 0.2) is 37.2 Å². The molecule has 1 atom stereocenters. The summed E-state index contributed by atoms with van der Waals surface area (Å²) in [6, 6.07) is 5.72. The first-order chi connectivity index (χ1) is 10.7. The Labute approximate surface area is 130 Å². The van der Waals surface area contributed by atoms with Crippen molar-refractivity contribution in [2.24, 2.45) is 5.92 Å². The van der Waals surface area contributed by atoms with E-state index in [1.54, 1.807) is 6.33 Å². The summed E-state index contributed by atoms with van der Waals surface area (Å²) in [7, 11) is 0. The zero-order valence-electron chi connectivity index (χ0n) is 12.7. The van der Waals surface area contributed by atoms with Gasteiger partial charge >= 0.3 is 0 Å². The fourth-order valence-corrected chi connectivity index (χ4v) is 2.95. The molecule has 1 aliphatic rings. The Kier molecular flexibility index (Phi) is 4.04. The summed E-state index contributed by atoms with van der Waals surface area (Å²) in [6.07, 6.45) is 5.32. The second kappa shape index (κ2) is 6.13. The van der Waals surface area contributed by atoms with Crippen molar-refractivity contribution in [1.82, 2.24) is 9.97 Å². The maximum absolute atomic E-state index is 11.4. The molecule has 1 saturated heterocycles. The minimum Gasteiger partial charge on any atom is -0.356 e. The van der Waals surface area contributed by atoms with Gasteiger partial charge in [0.25, 0.3) is 0 Å². The molecule has 1 aliphatic heterocycles. The number of fused-ring (bicyclic) bond motifs is 1. The summed E-state index contributed by atoms with van der Waals surface area (Å²) in [5.74, 6) is 1.45. The van der Waals surface area contributed by atoms with E-state index in [0.29, 0.717) is 11.6 Å². The summed E-state index contributed by atoms with van der Waals surface area (Å²) < 4.78 is 0. The third-order valence-corrected chi connectivity index (χ3v) is 4.02. The van der Waals surface area contributed by atoms with Crippen LogP contribution >= 0.6 is 0 Å². The molecule has 3 rings (SSSR count). The van der Waals surface area contributed by atoms with Crippen LogP contribution < -0.4 is 10.2 Å². The third kappa shape index (κ3) is 2.93. The molecule has 1 amide bonds. The number of piperidine rings is 1. The first kappa shape index (κ1) is 14.5. The molecule has 0 bridgehead atoms. The van der Waals surface area contributed by atoms with Gasteiger partial charge in [-0.1, -0.05) is 13.5 Å². The number of hydrogen-bond donors (Lipinski definition) is 1. The molecule has 1 N–H and O–H groups in total. The van der Waals surface area contributed by atoms with E-state index in [9.17, 15) is 4.79 Å². The van der Waals surface area contributed by atoms with E-state index >= 15 is 0 Å². The van der Waals surface area contributed by atoms with Crippen LogP contribution in [0.1, 0.15) is 19.8 Å². The zero-order chi connectivity index (χ0) is 15.5. The van der Waals surface area contributed by atoms with Crippen LogP contribution in [0.5, 0.6) is 0 Å². The average molecular weight is 296 g/mol. The highest BCUT2D eigenvalue weighted by molar-refractivity contribution is 6.01. The van der Waals surface area contributed by atoms with Gasteiger partial charge in [-0.3, -0.25) is 4.79 Å². The number of anilines is 2. The summed E-state index contributed by atoms with van der Waals surface area (Å²) >= 11 is 0. The van der Waals surface area contributed by atoms with E-state index in [2.05, 4.69) is 33.7 Å². The largest absolute Gasteiger partial charge is 0.356 e. The van der Waals surface area contributed by atoms with Crippen molar-refractivity contribution in [2.45, 2.75) is 19.8 Å². The van der Waals surface area contributed by atoms with E-state index < -0.39 is 0 Å². The van der Waals surface area contributed by atoms with Gasteiger partial charge in [0.05, 0.1) is 5.52 Å². The van der Waals surface area contributed by atoms with Gasteiger partial charge < -0.3 is 10.2 Å². The number of nitrogens with one attached hydrogen (secondary N) is 1. The number of aromatic nitrogens is 2. The topological polar surface area (TPSA) is 58.1 Å². The molecule has 0 radical (unpaired) electrons. The Bertz CT molecular complexity index is 713. The summed E-state index contributed by atoms with van der Waals surface area (Å²) in [4.78, 5) is 22.5. The number of benzene rings is 1. The summed E-state index contributed by atoms with van der Waals surface area (Å²) in [5, 5.41) is 3.78. The molecule has 0 aliphatic carbocycles. The third-order valence-electron chi connectivity index (χ3n) is 4.02. The number of rotatable bonds is 3.